The zero-order chi connectivity index (χ0) is 44.1. The van der Waals surface area contributed by atoms with E-state index in [1.165, 1.54) is 45.5 Å². The van der Waals surface area contributed by atoms with E-state index in [4.69, 9.17) is 18.3 Å². The lowest BCUT2D eigenvalue weighted by Crippen LogP contribution is -2.50. The topological polar surface area (TPSA) is 197 Å². The minimum Gasteiger partial charge on any atom is -0.485 e. The van der Waals surface area contributed by atoms with Crippen LogP contribution in [-0.4, -0.2) is 98.9 Å². The lowest BCUT2D eigenvalue weighted by Gasteiger charge is -2.42. The molecule has 6 aromatic rings. The first-order valence-corrected chi connectivity index (χ1v) is 20.6. The quantitative estimate of drug-likeness (QED) is 0.0490. The smallest absolute Gasteiger partial charge is 0.221 e. The number of hydrogen-bond donors (Lipinski definition) is 4. The summed E-state index contributed by atoms with van der Waals surface area (Å²) in [6.07, 6.45) is 7.11. The highest BCUT2D eigenvalue weighted by molar-refractivity contribution is 7.99. The number of amides is 2. The van der Waals surface area contributed by atoms with Gasteiger partial charge in [-0.1, -0.05) is 30.0 Å². The van der Waals surface area contributed by atoms with Gasteiger partial charge in [-0.05, 0) is 80.1 Å². The third kappa shape index (κ3) is 9.12. The molecule has 5 N–H and O–H groups in total. The van der Waals surface area contributed by atoms with Gasteiger partial charge in [0.2, 0.25) is 17.8 Å². The van der Waals surface area contributed by atoms with Gasteiger partial charge in [-0.2, -0.15) is 20.0 Å². The Hall–Kier alpha value is -6.38. The molecule has 1 aliphatic rings. The van der Waals surface area contributed by atoms with Crippen LogP contribution in [0.25, 0.3) is 22.2 Å². The van der Waals surface area contributed by atoms with E-state index in [0.717, 1.165) is 6.34 Å². The molecule has 4 heterocycles. The number of aromatic amines is 1. The van der Waals surface area contributed by atoms with Crippen molar-refractivity contribution in [3.63, 3.8) is 0 Å². The molecular formula is C42H45BF2N12O4S. The van der Waals surface area contributed by atoms with E-state index in [9.17, 15) is 14.7 Å². The average molecular weight is 863 g/mol. The molecule has 1 aliphatic heterocycles. The van der Waals surface area contributed by atoms with Gasteiger partial charge in [0.05, 0.1) is 17.9 Å². The van der Waals surface area contributed by atoms with E-state index >= 15 is 8.78 Å². The van der Waals surface area contributed by atoms with Crippen LogP contribution in [0.3, 0.4) is 0 Å². The summed E-state index contributed by atoms with van der Waals surface area (Å²) in [4.78, 5) is 37.1. The normalized spacial score (nSPS) is 15.1. The van der Waals surface area contributed by atoms with Crippen molar-refractivity contribution < 1.29 is 28.2 Å². The summed E-state index contributed by atoms with van der Waals surface area (Å²) in [6.45, 7) is 4.53. The highest BCUT2D eigenvalue weighted by atomic mass is 32.2. The van der Waals surface area contributed by atoms with Gasteiger partial charge < -0.3 is 20.9 Å². The van der Waals surface area contributed by atoms with E-state index in [1.54, 1.807) is 66.8 Å². The number of hydrogen-bond acceptors (Lipinski definition) is 11. The van der Waals surface area contributed by atoms with Crippen LogP contribution in [0.4, 0.5) is 20.3 Å². The molecule has 0 saturated carbocycles. The number of H-pyrrole nitrogens is 1. The summed E-state index contributed by atoms with van der Waals surface area (Å²) < 4.78 is 40.9. The Bertz CT molecular complexity index is 2680. The van der Waals surface area contributed by atoms with Crippen molar-refractivity contribution in [1.82, 2.24) is 39.9 Å². The summed E-state index contributed by atoms with van der Waals surface area (Å²) in [6, 6.07) is 15.2. The van der Waals surface area contributed by atoms with E-state index < -0.39 is 17.3 Å². The summed E-state index contributed by atoms with van der Waals surface area (Å²) in [5.41, 5.74) is 6.21. The lowest BCUT2D eigenvalue weighted by molar-refractivity contribution is -0.120. The summed E-state index contributed by atoms with van der Waals surface area (Å²) in [5.74, 6) is -0.912. The highest BCUT2D eigenvalue weighted by Gasteiger charge is 2.35. The molecule has 2 amide bonds. The summed E-state index contributed by atoms with van der Waals surface area (Å²) in [5, 5.41) is 30.0. The second-order valence-electron chi connectivity index (χ2n) is 14.9. The Morgan fingerprint density at radius 2 is 1.97 bits per heavy atom. The van der Waals surface area contributed by atoms with Crippen LogP contribution in [0, 0.1) is 11.6 Å². The van der Waals surface area contributed by atoms with Crippen LogP contribution >= 0.6 is 11.8 Å². The predicted octanol–water partition coefficient (Wildman–Crippen LogP) is 4.61. The van der Waals surface area contributed by atoms with Crippen LogP contribution in [0.2, 0.25) is 0 Å². The molecule has 0 aliphatic carbocycles. The molecule has 1 saturated heterocycles. The molecular weight excluding hydrogens is 817 g/mol. The standard InChI is InChI=1S/C42H45BF2N12O4S/c1-25(2)61-39-37(27-20-49-50-21-27)48-23-57(51-22-46)41(39)52-34-11-8-30(19-33(34)44)62-29-7-5-6-28(18-29)42(43,60)56-16-12-26(13-17-56)31-9-10-32-38(36(31)45)54(4)53-40(32)55(24-58)15-14-35(59)47-3/h5-11,18-26,60H,12-17H2,1-4H3,(H2,46,51)(H,47,59)(H,49,50). The Labute approximate surface area is 361 Å². The van der Waals surface area contributed by atoms with Crippen molar-refractivity contribution in [1.29, 1.82) is 0 Å². The monoisotopic (exact) mass is 862 g/mol. The molecule has 20 heteroatoms. The number of anilines is 1. The fourth-order valence-corrected chi connectivity index (χ4v) is 8.33. The summed E-state index contributed by atoms with van der Waals surface area (Å²) in [7, 11) is 9.76. The molecule has 3 aromatic heterocycles. The zero-order valence-electron chi connectivity index (χ0n) is 34.5. The number of rotatable bonds is 15. The third-order valence-electron chi connectivity index (χ3n) is 10.5. The van der Waals surface area contributed by atoms with Crippen molar-refractivity contribution in [2.24, 2.45) is 22.9 Å². The second-order valence-corrected chi connectivity index (χ2v) is 16.0. The van der Waals surface area contributed by atoms with Gasteiger partial charge in [0.15, 0.2) is 17.4 Å². The maximum absolute atomic E-state index is 16.2. The minimum absolute atomic E-state index is 0.0191. The first-order chi connectivity index (χ1) is 29.8. The SMILES string of the molecule is [B]C(O)(c1cccc(Sc2ccc(N=c3c(OC(C)C)c(-c4cn[nH]c4)ncn3/N=C/N)c(F)c2)c1)N1CCC(c2ccc3c(N(C=O)CCC(=O)NC)nn(C)c3c2F)CC1. The fraction of sp³-hybridized carbons (Fsp3) is 0.310. The van der Waals surface area contributed by atoms with E-state index in [2.05, 4.69) is 35.7 Å². The van der Waals surface area contributed by atoms with Gasteiger partial charge in [-0.3, -0.25) is 29.2 Å². The maximum atomic E-state index is 16.2. The Morgan fingerprint density at radius 3 is 2.65 bits per heavy atom. The third-order valence-corrected chi connectivity index (χ3v) is 11.5. The average Bonchev–Trinajstić information content (AvgIpc) is 3.92. The van der Waals surface area contributed by atoms with Gasteiger partial charge >= 0.3 is 0 Å². The van der Waals surface area contributed by atoms with Crippen molar-refractivity contribution >= 4 is 60.7 Å². The number of nitrogens with two attached hydrogens (primary N) is 1. The molecule has 1 unspecified atom stereocenters. The van der Waals surface area contributed by atoms with Gasteiger partial charge in [0.1, 0.15) is 43.2 Å². The molecule has 3 aromatic carbocycles. The first kappa shape index (κ1) is 43.7. The van der Waals surface area contributed by atoms with Crippen LogP contribution in [0.1, 0.15) is 50.2 Å². The molecule has 1 atom stereocenters. The van der Waals surface area contributed by atoms with Gasteiger partial charge in [-0.15, -0.1) is 0 Å². The van der Waals surface area contributed by atoms with Gasteiger partial charge in [0, 0.05) is 67.1 Å². The van der Waals surface area contributed by atoms with Crippen LogP contribution in [0.15, 0.2) is 93.2 Å². The predicted molar refractivity (Wildman–Crippen MR) is 232 cm³/mol. The van der Waals surface area contributed by atoms with Crippen molar-refractivity contribution in [3.05, 3.63) is 102 Å². The largest absolute Gasteiger partial charge is 0.485 e. The molecule has 7 rings (SSSR count). The number of fused-ring (bicyclic) bond motifs is 1. The number of carbonyl (C=O) groups is 2. The van der Waals surface area contributed by atoms with Crippen molar-refractivity contribution in [2.45, 2.75) is 60.5 Å². The number of nitrogens with one attached hydrogen (secondary N) is 2. The number of likely N-dealkylation sites (tertiary alicyclic amines) is 1. The summed E-state index contributed by atoms with van der Waals surface area (Å²) >= 11 is 1.28. The molecule has 320 valence electrons. The zero-order valence-corrected chi connectivity index (χ0v) is 35.3. The van der Waals surface area contributed by atoms with Crippen LogP contribution in [-0.2, 0) is 22.3 Å². The maximum Gasteiger partial charge on any atom is 0.221 e. The second kappa shape index (κ2) is 18.7. The molecule has 0 bridgehead atoms. The Balaban J connectivity index is 1.06. The van der Waals surface area contributed by atoms with Crippen LogP contribution < -0.4 is 26.2 Å². The molecule has 0 spiro atoms. The Kier molecular flexibility index (Phi) is 13.2. The van der Waals surface area contributed by atoms with Crippen LogP contribution in [0.5, 0.6) is 5.75 Å². The number of piperidine rings is 1. The Morgan fingerprint density at radius 1 is 1.19 bits per heavy atom. The number of carbonyl (C=O) groups excluding carboxylic acids is 2. The number of aliphatic hydroxyl groups is 1. The number of benzene rings is 3. The minimum atomic E-state index is -1.85. The first-order valence-electron chi connectivity index (χ1n) is 19.8. The van der Waals surface area contributed by atoms with Gasteiger partial charge in [-0.25, -0.2) is 18.8 Å². The number of nitrogens with zero attached hydrogens (tertiary/aromatic N) is 9. The van der Waals surface area contributed by atoms with E-state index in [-0.39, 0.29) is 59.2 Å². The van der Waals surface area contributed by atoms with Crippen molar-refractivity contribution in [2.75, 3.05) is 31.6 Å². The number of ether oxygens (including phenoxy) is 1. The molecule has 62 heavy (non-hydrogen) atoms. The number of aryl methyl sites for hydroxylation is 1. The van der Waals surface area contributed by atoms with Gasteiger partial charge in [0.25, 0.3) is 0 Å². The fourth-order valence-electron chi connectivity index (χ4n) is 7.42. The highest BCUT2D eigenvalue weighted by Crippen LogP contribution is 2.39. The van der Waals surface area contributed by atoms with E-state index in [0.29, 0.717) is 69.9 Å². The number of aromatic nitrogens is 6. The number of halogens is 2. The lowest BCUT2D eigenvalue weighted by atomic mass is 9.79. The van der Waals surface area contributed by atoms with Crippen molar-refractivity contribution in [3.8, 4) is 17.0 Å². The molecule has 2 radical (unpaired) electrons. The molecule has 1 fully saturated rings. The van der Waals surface area contributed by atoms with E-state index in [1.807, 2.05) is 19.9 Å². The molecule has 16 nitrogen and oxygen atoms in total.